The second kappa shape index (κ2) is 5.51. The normalized spacial score (nSPS) is 10.4. The maximum atomic E-state index is 13.4. The maximum Gasteiger partial charge on any atom is 0.167 e. The highest BCUT2D eigenvalue weighted by molar-refractivity contribution is 6.42. The summed E-state index contributed by atoms with van der Waals surface area (Å²) in [6, 6.07) is 10.8. The molecule has 0 bridgehead atoms. The molecule has 2 rings (SSSR count). The highest BCUT2D eigenvalue weighted by atomic mass is 35.5. The van der Waals surface area contributed by atoms with E-state index in [0.717, 1.165) is 0 Å². The van der Waals surface area contributed by atoms with Crippen molar-refractivity contribution in [3.8, 4) is 0 Å². The average Bonchev–Trinajstić information content (AvgIpc) is 2.35. The fourth-order valence-corrected chi connectivity index (χ4v) is 1.88. The van der Waals surface area contributed by atoms with Gasteiger partial charge in [-0.05, 0) is 29.8 Å². The fourth-order valence-electron chi connectivity index (χ4n) is 1.59. The molecule has 0 atom stereocenters. The number of rotatable bonds is 3. The zero-order chi connectivity index (χ0) is 13.1. The number of hydrogen-bond acceptors (Lipinski definition) is 1. The van der Waals surface area contributed by atoms with Gasteiger partial charge in [0.2, 0.25) is 0 Å². The summed E-state index contributed by atoms with van der Waals surface area (Å²) in [5.41, 5.74) is 0.793. The first-order valence-corrected chi connectivity index (χ1v) is 6.05. The fraction of sp³-hybridized carbons (Fsp3) is 0.0714. The van der Waals surface area contributed by atoms with Gasteiger partial charge in [-0.25, -0.2) is 4.39 Å². The first-order chi connectivity index (χ1) is 8.58. The van der Waals surface area contributed by atoms with Crippen molar-refractivity contribution >= 4 is 29.0 Å². The van der Waals surface area contributed by atoms with E-state index < -0.39 is 0 Å². The Balaban J connectivity index is 2.22. The van der Waals surface area contributed by atoms with Gasteiger partial charge in [-0.2, -0.15) is 0 Å². The molecule has 0 aromatic heterocycles. The molecule has 0 saturated heterocycles. The maximum absolute atomic E-state index is 13.4. The molecule has 2 aromatic carbocycles. The molecule has 92 valence electrons. The van der Waals surface area contributed by atoms with Crippen LogP contribution in [-0.4, -0.2) is 5.78 Å². The Kier molecular flexibility index (Phi) is 4.00. The van der Waals surface area contributed by atoms with Crippen LogP contribution < -0.4 is 0 Å². The van der Waals surface area contributed by atoms with E-state index in [4.69, 9.17) is 23.2 Å². The van der Waals surface area contributed by atoms with E-state index in [9.17, 15) is 9.18 Å². The van der Waals surface area contributed by atoms with Crippen LogP contribution >= 0.6 is 23.2 Å². The van der Waals surface area contributed by atoms with Gasteiger partial charge in [-0.3, -0.25) is 4.79 Å². The van der Waals surface area contributed by atoms with Crippen molar-refractivity contribution in [3.63, 3.8) is 0 Å². The monoisotopic (exact) mass is 282 g/mol. The second-order valence-corrected chi connectivity index (χ2v) is 4.63. The molecule has 18 heavy (non-hydrogen) atoms. The van der Waals surface area contributed by atoms with Crippen LogP contribution in [0, 0.1) is 5.82 Å². The van der Waals surface area contributed by atoms with Crippen LogP contribution in [0.3, 0.4) is 0 Å². The zero-order valence-electron chi connectivity index (χ0n) is 9.29. The van der Waals surface area contributed by atoms with Crippen LogP contribution in [0.15, 0.2) is 42.5 Å². The number of carbonyl (C=O) groups excluding carboxylic acids is 1. The standard InChI is InChI=1S/C14H9Cl2FO/c15-11-6-5-10(7-12(11)16)14(18)8-9-3-1-2-4-13(9)17/h1-7H,8H2. The summed E-state index contributed by atoms with van der Waals surface area (Å²) in [5, 5.41) is 0.704. The Bertz CT molecular complexity index is 596. The Labute approximate surface area is 114 Å². The van der Waals surface area contributed by atoms with Crippen molar-refractivity contribution in [1.29, 1.82) is 0 Å². The average molecular weight is 283 g/mol. The molecule has 0 amide bonds. The van der Waals surface area contributed by atoms with Gasteiger partial charge in [0.25, 0.3) is 0 Å². The van der Waals surface area contributed by atoms with Gasteiger partial charge in [-0.1, -0.05) is 41.4 Å². The first kappa shape index (κ1) is 13.1. The van der Waals surface area contributed by atoms with Crippen molar-refractivity contribution in [2.24, 2.45) is 0 Å². The summed E-state index contributed by atoms with van der Waals surface area (Å²) >= 11 is 11.6. The van der Waals surface area contributed by atoms with Crippen LogP contribution in [0.5, 0.6) is 0 Å². The highest BCUT2D eigenvalue weighted by Gasteiger charge is 2.11. The third-order valence-electron chi connectivity index (χ3n) is 2.55. The molecule has 0 aliphatic rings. The van der Waals surface area contributed by atoms with Gasteiger partial charge in [-0.15, -0.1) is 0 Å². The van der Waals surface area contributed by atoms with Gasteiger partial charge in [0.05, 0.1) is 10.0 Å². The van der Waals surface area contributed by atoms with Gasteiger partial charge in [0.1, 0.15) is 5.82 Å². The molecule has 0 unspecified atom stereocenters. The number of carbonyl (C=O) groups is 1. The van der Waals surface area contributed by atoms with Gasteiger partial charge < -0.3 is 0 Å². The molecule has 0 saturated carbocycles. The van der Waals surface area contributed by atoms with Crippen LogP contribution in [-0.2, 0) is 6.42 Å². The smallest absolute Gasteiger partial charge is 0.167 e. The van der Waals surface area contributed by atoms with Gasteiger partial charge in [0.15, 0.2) is 5.78 Å². The topological polar surface area (TPSA) is 17.1 Å². The minimum absolute atomic E-state index is 0.00460. The first-order valence-electron chi connectivity index (χ1n) is 5.29. The molecule has 0 N–H and O–H groups in total. The summed E-state index contributed by atoms with van der Waals surface area (Å²) in [6.45, 7) is 0. The quantitative estimate of drug-likeness (QED) is 0.755. The Morgan fingerprint density at radius 3 is 2.44 bits per heavy atom. The van der Waals surface area contributed by atoms with Crippen molar-refractivity contribution in [2.45, 2.75) is 6.42 Å². The van der Waals surface area contributed by atoms with E-state index >= 15 is 0 Å². The predicted molar refractivity (Wildman–Crippen MR) is 70.9 cm³/mol. The number of ketones is 1. The second-order valence-electron chi connectivity index (χ2n) is 3.82. The van der Waals surface area contributed by atoms with Crippen LogP contribution in [0.4, 0.5) is 4.39 Å². The molecule has 1 nitrogen and oxygen atoms in total. The minimum Gasteiger partial charge on any atom is -0.294 e. The largest absolute Gasteiger partial charge is 0.294 e. The van der Waals surface area contributed by atoms with Gasteiger partial charge >= 0.3 is 0 Å². The van der Waals surface area contributed by atoms with E-state index in [-0.39, 0.29) is 18.0 Å². The number of Topliss-reactive ketones (excluding diaryl/α,β-unsaturated/α-hetero) is 1. The molecule has 4 heteroatoms. The van der Waals surface area contributed by atoms with E-state index in [1.807, 2.05) is 0 Å². The Hall–Kier alpha value is -1.38. The summed E-state index contributed by atoms with van der Waals surface area (Å²) in [5.74, 6) is -0.579. The van der Waals surface area contributed by atoms with E-state index in [2.05, 4.69) is 0 Å². The molecule has 0 fully saturated rings. The molecular formula is C14H9Cl2FO. The Morgan fingerprint density at radius 2 is 1.78 bits per heavy atom. The Morgan fingerprint density at radius 1 is 1.06 bits per heavy atom. The summed E-state index contributed by atoms with van der Waals surface area (Å²) in [6.07, 6.45) is 0.00460. The summed E-state index contributed by atoms with van der Waals surface area (Å²) in [7, 11) is 0. The van der Waals surface area contributed by atoms with E-state index in [1.54, 1.807) is 30.3 Å². The lowest BCUT2D eigenvalue weighted by atomic mass is 10.0. The lowest BCUT2D eigenvalue weighted by Crippen LogP contribution is -2.05. The van der Waals surface area contributed by atoms with Crippen molar-refractivity contribution in [3.05, 3.63) is 69.5 Å². The minimum atomic E-state index is -0.383. The number of hydrogen-bond donors (Lipinski definition) is 0. The van der Waals surface area contributed by atoms with Crippen molar-refractivity contribution in [2.75, 3.05) is 0 Å². The van der Waals surface area contributed by atoms with Crippen molar-refractivity contribution < 1.29 is 9.18 Å². The molecule has 0 spiro atoms. The summed E-state index contributed by atoms with van der Waals surface area (Å²) in [4.78, 5) is 12.0. The third-order valence-corrected chi connectivity index (χ3v) is 3.29. The number of halogens is 3. The van der Waals surface area contributed by atoms with E-state index in [1.165, 1.54) is 12.1 Å². The molecule has 0 aliphatic carbocycles. The van der Waals surface area contributed by atoms with E-state index in [0.29, 0.717) is 21.2 Å². The van der Waals surface area contributed by atoms with Crippen molar-refractivity contribution in [1.82, 2.24) is 0 Å². The third kappa shape index (κ3) is 2.89. The molecular weight excluding hydrogens is 274 g/mol. The van der Waals surface area contributed by atoms with Crippen LogP contribution in [0.2, 0.25) is 10.0 Å². The molecule has 0 heterocycles. The molecule has 0 aliphatic heterocycles. The number of benzene rings is 2. The van der Waals surface area contributed by atoms with Gasteiger partial charge in [0, 0.05) is 12.0 Å². The van der Waals surface area contributed by atoms with Crippen LogP contribution in [0.25, 0.3) is 0 Å². The zero-order valence-corrected chi connectivity index (χ0v) is 10.8. The highest BCUT2D eigenvalue weighted by Crippen LogP contribution is 2.23. The molecule has 2 aromatic rings. The lowest BCUT2D eigenvalue weighted by Gasteiger charge is -2.04. The molecule has 0 radical (unpaired) electrons. The summed E-state index contributed by atoms with van der Waals surface area (Å²) < 4.78 is 13.4. The SMILES string of the molecule is O=C(Cc1ccccc1F)c1ccc(Cl)c(Cl)c1. The predicted octanol–water partition coefficient (Wildman–Crippen LogP) is 4.56. The lowest BCUT2D eigenvalue weighted by molar-refractivity contribution is 0.0992. The van der Waals surface area contributed by atoms with Crippen LogP contribution in [0.1, 0.15) is 15.9 Å².